The lowest BCUT2D eigenvalue weighted by molar-refractivity contribution is 0.412. The van der Waals surface area contributed by atoms with Crippen molar-refractivity contribution in [2.24, 2.45) is 0 Å². The summed E-state index contributed by atoms with van der Waals surface area (Å²) < 4.78 is 5.33. The van der Waals surface area contributed by atoms with Crippen molar-refractivity contribution < 1.29 is 4.74 Å². The molecule has 0 radical (unpaired) electrons. The van der Waals surface area contributed by atoms with Crippen molar-refractivity contribution >= 4 is 17.3 Å². The van der Waals surface area contributed by atoms with E-state index in [1.807, 2.05) is 44.9 Å². The minimum Gasteiger partial charge on any atom is -0.495 e. The summed E-state index contributed by atoms with van der Waals surface area (Å²) in [5.74, 6) is 0.720. The lowest BCUT2D eigenvalue weighted by Crippen LogP contribution is -2.39. The van der Waals surface area contributed by atoms with Crippen LogP contribution in [-0.4, -0.2) is 19.7 Å². The van der Waals surface area contributed by atoms with Crippen LogP contribution in [0, 0.1) is 18.3 Å². The fraction of sp³-hybridized carbons (Fsp3) is 0.462. The summed E-state index contributed by atoms with van der Waals surface area (Å²) in [4.78, 5) is 1.86. The molecule has 0 saturated heterocycles. The largest absolute Gasteiger partial charge is 0.495 e. The highest BCUT2D eigenvalue weighted by Gasteiger charge is 2.26. The summed E-state index contributed by atoms with van der Waals surface area (Å²) in [6.07, 6.45) is 0. The van der Waals surface area contributed by atoms with Crippen LogP contribution >= 0.6 is 11.6 Å². The second-order valence-corrected chi connectivity index (χ2v) is 4.91. The van der Waals surface area contributed by atoms with Gasteiger partial charge in [-0.15, -0.1) is 0 Å². The molecule has 0 N–H and O–H groups in total. The van der Waals surface area contributed by atoms with Crippen molar-refractivity contribution in [3.8, 4) is 11.8 Å². The second-order valence-electron chi connectivity index (χ2n) is 4.50. The van der Waals surface area contributed by atoms with Crippen molar-refractivity contribution in [2.75, 3.05) is 19.1 Å². The number of benzene rings is 1. The molecule has 0 saturated carbocycles. The predicted molar refractivity (Wildman–Crippen MR) is 70.8 cm³/mol. The van der Waals surface area contributed by atoms with Gasteiger partial charge in [-0.05, 0) is 38.5 Å². The summed E-state index contributed by atoms with van der Waals surface area (Å²) in [6, 6.07) is 5.96. The second kappa shape index (κ2) is 4.85. The maximum absolute atomic E-state index is 9.15. The molecule has 0 spiro atoms. The van der Waals surface area contributed by atoms with Crippen LogP contribution in [0.5, 0.6) is 5.75 Å². The molecule has 0 fully saturated rings. The zero-order valence-electron chi connectivity index (χ0n) is 10.8. The molecule has 3 nitrogen and oxygen atoms in total. The minimum atomic E-state index is -0.619. The van der Waals surface area contributed by atoms with Crippen molar-refractivity contribution in [3.05, 3.63) is 22.7 Å². The van der Waals surface area contributed by atoms with Gasteiger partial charge >= 0.3 is 0 Å². The normalized spacial score (nSPS) is 10.9. The van der Waals surface area contributed by atoms with Gasteiger partial charge in [0.1, 0.15) is 11.3 Å². The van der Waals surface area contributed by atoms with Crippen molar-refractivity contribution in [2.45, 2.75) is 26.3 Å². The van der Waals surface area contributed by atoms with Crippen LogP contribution in [-0.2, 0) is 0 Å². The van der Waals surface area contributed by atoms with Crippen LogP contribution < -0.4 is 9.64 Å². The molecule has 1 aromatic carbocycles. The zero-order valence-corrected chi connectivity index (χ0v) is 11.6. The third-order valence-electron chi connectivity index (χ3n) is 2.93. The molecule has 0 unspecified atom stereocenters. The fourth-order valence-electron chi connectivity index (χ4n) is 1.45. The Hall–Kier alpha value is -1.40. The van der Waals surface area contributed by atoms with Gasteiger partial charge in [-0.25, -0.2) is 0 Å². The molecule has 0 bridgehead atoms. The number of nitrogens with zero attached hydrogens (tertiary/aromatic N) is 2. The first-order valence-electron chi connectivity index (χ1n) is 5.32. The van der Waals surface area contributed by atoms with E-state index < -0.39 is 5.54 Å². The molecule has 1 aromatic rings. The van der Waals surface area contributed by atoms with E-state index in [-0.39, 0.29) is 0 Å². The van der Waals surface area contributed by atoms with Crippen LogP contribution in [0.15, 0.2) is 12.1 Å². The smallest absolute Gasteiger partial charge is 0.142 e. The van der Waals surface area contributed by atoms with Gasteiger partial charge in [0, 0.05) is 12.1 Å². The molecule has 0 amide bonds. The first kappa shape index (κ1) is 13.7. The highest BCUT2D eigenvalue weighted by atomic mass is 35.5. The summed E-state index contributed by atoms with van der Waals surface area (Å²) >= 11 is 6.11. The first-order chi connectivity index (χ1) is 7.83. The number of aryl methyl sites for hydroxylation is 1. The highest BCUT2D eigenvalue weighted by molar-refractivity contribution is 6.31. The van der Waals surface area contributed by atoms with E-state index in [1.54, 1.807) is 7.11 Å². The summed E-state index contributed by atoms with van der Waals surface area (Å²) in [6.45, 7) is 5.62. The number of methoxy groups -OCH3 is 1. The SMILES string of the molecule is COc1cc(C)c(Cl)cc1N(C)C(C)(C)C#N. The van der Waals surface area contributed by atoms with E-state index in [1.165, 1.54) is 0 Å². The minimum absolute atomic E-state index is 0.619. The van der Waals surface area contributed by atoms with Gasteiger partial charge in [-0.3, -0.25) is 0 Å². The van der Waals surface area contributed by atoms with Gasteiger partial charge in [0.25, 0.3) is 0 Å². The molecule has 0 heterocycles. The van der Waals surface area contributed by atoms with Gasteiger partial charge in [0.05, 0.1) is 18.9 Å². The molecular formula is C13H17ClN2O. The van der Waals surface area contributed by atoms with Gasteiger partial charge in [0.2, 0.25) is 0 Å². The highest BCUT2D eigenvalue weighted by Crippen LogP contribution is 2.35. The number of nitriles is 1. The number of halogens is 1. The first-order valence-corrected chi connectivity index (χ1v) is 5.70. The van der Waals surface area contributed by atoms with E-state index >= 15 is 0 Å². The van der Waals surface area contributed by atoms with E-state index in [0.717, 1.165) is 17.0 Å². The molecule has 92 valence electrons. The number of anilines is 1. The monoisotopic (exact) mass is 252 g/mol. The van der Waals surface area contributed by atoms with Gasteiger partial charge in [-0.1, -0.05) is 11.6 Å². The topological polar surface area (TPSA) is 36.3 Å². The van der Waals surface area contributed by atoms with Crippen molar-refractivity contribution in [1.29, 1.82) is 5.26 Å². The van der Waals surface area contributed by atoms with E-state index in [2.05, 4.69) is 6.07 Å². The van der Waals surface area contributed by atoms with Crippen LogP contribution in [0.1, 0.15) is 19.4 Å². The molecule has 0 aliphatic rings. The lowest BCUT2D eigenvalue weighted by Gasteiger charge is -2.32. The summed E-state index contributed by atoms with van der Waals surface area (Å²) in [5, 5.41) is 9.82. The molecular weight excluding hydrogens is 236 g/mol. The van der Waals surface area contributed by atoms with E-state index in [4.69, 9.17) is 21.6 Å². The molecule has 0 aliphatic carbocycles. The van der Waals surface area contributed by atoms with Crippen molar-refractivity contribution in [1.82, 2.24) is 0 Å². The average molecular weight is 253 g/mol. The third kappa shape index (κ3) is 2.65. The zero-order chi connectivity index (χ0) is 13.2. The maximum atomic E-state index is 9.15. The molecule has 17 heavy (non-hydrogen) atoms. The van der Waals surface area contributed by atoms with Crippen molar-refractivity contribution in [3.63, 3.8) is 0 Å². The molecule has 0 aromatic heterocycles. The van der Waals surface area contributed by atoms with Crippen LogP contribution in [0.25, 0.3) is 0 Å². The Morgan fingerprint density at radius 1 is 1.41 bits per heavy atom. The molecule has 1 rings (SSSR count). The third-order valence-corrected chi connectivity index (χ3v) is 3.34. The summed E-state index contributed by atoms with van der Waals surface area (Å²) in [5.41, 5.74) is 1.15. The Balaban J connectivity index is 3.32. The van der Waals surface area contributed by atoms with E-state index in [0.29, 0.717) is 5.02 Å². The average Bonchev–Trinajstić information content (AvgIpc) is 2.31. The van der Waals surface area contributed by atoms with Gasteiger partial charge < -0.3 is 9.64 Å². The Morgan fingerprint density at radius 2 is 2.00 bits per heavy atom. The van der Waals surface area contributed by atoms with Crippen LogP contribution in [0.4, 0.5) is 5.69 Å². The Morgan fingerprint density at radius 3 is 2.47 bits per heavy atom. The standard InChI is InChI=1S/C13H17ClN2O/c1-9-6-12(17-5)11(7-10(9)14)16(4)13(2,3)8-15/h6-7H,1-5H3. The van der Waals surface area contributed by atoms with Gasteiger partial charge in [-0.2, -0.15) is 5.26 Å². The maximum Gasteiger partial charge on any atom is 0.142 e. The number of ether oxygens (including phenoxy) is 1. The lowest BCUT2D eigenvalue weighted by atomic mass is 10.0. The van der Waals surface area contributed by atoms with Gasteiger partial charge in [0.15, 0.2) is 0 Å². The number of hydrogen-bond donors (Lipinski definition) is 0. The molecule has 0 atom stereocenters. The molecule has 4 heteroatoms. The predicted octanol–water partition coefficient (Wildman–Crippen LogP) is 3.40. The van der Waals surface area contributed by atoms with Crippen LogP contribution in [0.3, 0.4) is 0 Å². The number of rotatable bonds is 3. The Kier molecular flexibility index (Phi) is 3.90. The summed E-state index contributed by atoms with van der Waals surface area (Å²) in [7, 11) is 3.46. The van der Waals surface area contributed by atoms with Crippen LogP contribution in [0.2, 0.25) is 5.02 Å². The quantitative estimate of drug-likeness (QED) is 0.827. The molecule has 0 aliphatic heterocycles. The Labute approximate surface area is 108 Å². The fourth-order valence-corrected chi connectivity index (χ4v) is 1.60. The number of hydrogen-bond acceptors (Lipinski definition) is 3. The Bertz CT molecular complexity index is 463. The van der Waals surface area contributed by atoms with E-state index in [9.17, 15) is 0 Å².